The number of rotatable bonds is 5. The number of hydrogen-bond acceptors (Lipinski definition) is 4. The minimum atomic E-state index is -0.405. The first-order chi connectivity index (χ1) is 10.1. The molecule has 2 aromatic rings. The number of aromatic nitrogens is 2. The summed E-state index contributed by atoms with van der Waals surface area (Å²) in [5, 5.41) is 5.24. The number of carbonyl (C=O) groups is 2. The zero-order valence-corrected chi connectivity index (χ0v) is 12.0. The Morgan fingerprint density at radius 1 is 1.33 bits per heavy atom. The number of para-hydroxylation sites is 2. The van der Waals surface area contributed by atoms with Crippen molar-refractivity contribution in [3.63, 3.8) is 0 Å². The number of anilines is 1. The van der Waals surface area contributed by atoms with Gasteiger partial charge in [0.25, 0.3) is 0 Å². The summed E-state index contributed by atoms with van der Waals surface area (Å²) in [7, 11) is 1.82. The van der Waals surface area contributed by atoms with Crippen LogP contribution < -0.4 is 10.6 Å². The first-order valence-corrected chi connectivity index (χ1v) is 6.73. The number of benzene rings is 1. The average Bonchev–Trinajstić information content (AvgIpc) is 2.76. The molecule has 0 saturated heterocycles. The van der Waals surface area contributed by atoms with Crippen LogP contribution in [0.1, 0.15) is 13.3 Å². The van der Waals surface area contributed by atoms with Crippen molar-refractivity contribution in [3.8, 4) is 0 Å². The number of hydrogen-bond donors (Lipinski definition) is 2. The standard InChI is InChI=1S/C14H18N4O3/c1-3-21-12(19)8-9-15-14(20)17-13-16-10-6-4-5-7-11(10)18(13)2/h4-7H,3,8-9H2,1-2H3,(H2,15,16,17,20). The number of urea groups is 1. The summed E-state index contributed by atoms with van der Waals surface area (Å²) in [6.07, 6.45) is 0.143. The highest BCUT2D eigenvalue weighted by molar-refractivity contribution is 5.90. The summed E-state index contributed by atoms with van der Waals surface area (Å²) >= 11 is 0. The lowest BCUT2D eigenvalue weighted by atomic mass is 10.3. The van der Waals surface area contributed by atoms with Crippen molar-refractivity contribution in [2.24, 2.45) is 7.05 Å². The second-order valence-corrected chi connectivity index (χ2v) is 4.42. The number of imidazole rings is 1. The maximum atomic E-state index is 11.8. The van der Waals surface area contributed by atoms with Gasteiger partial charge in [-0.2, -0.15) is 0 Å². The van der Waals surface area contributed by atoms with Gasteiger partial charge >= 0.3 is 12.0 Å². The number of ether oxygens (including phenoxy) is 1. The third kappa shape index (κ3) is 3.71. The van der Waals surface area contributed by atoms with Crippen LogP contribution in [0, 0.1) is 0 Å². The Bertz CT molecular complexity index is 651. The van der Waals surface area contributed by atoms with E-state index in [-0.39, 0.29) is 18.9 Å². The van der Waals surface area contributed by atoms with Crippen LogP contribution in [0.3, 0.4) is 0 Å². The van der Waals surface area contributed by atoms with Gasteiger partial charge < -0.3 is 14.6 Å². The molecule has 0 aliphatic heterocycles. The highest BCUT2D eigenvalue weighted by atomic mass is 16.5. The van der Waals surface area contributed by atoms with Crippen LogP contribution in [0.15, 0.2) is 24.3 Å². The van der Waals surface area contributed by atoms with E-state index in [1.165, 1.54) is 0 Å². The average molecular weight is 290 g/mol. The monoisotopic (exact) mass is 290 g/mol. The number of nitrogens with zero attached hydrogens (tertiary/aromatic N) is 2. The third-order valence-electron chi connectivity index (χ3n) is 2.93. The van der Waals surface area contributed by atoms with Crippen LogP contribution >= 0.6 is 0 Å². The lowest BCUT2D eigenvalue weighted by Gasteiger charge is -2.07. The Hall–Kier alpha value is -2.57. The number of nitrogens with one attached hydrogen (secondary N) is 2. The van der Waals surface area contributed by atoms with E-state index >= 15 is 0 Å². The fraction of sp³-hybridized carbons (Fsp3) is 0.357. The number of amides is 2. The molecule has 2 amide bonds. The van der Waals surface area contributed by atoms with E-state index in [2.05, 4.69) is 15.6 Å². The molecule has 1 aromatic heterocycles. The van der Waals surface area contributed by atoms with E-state index in [0.29, 0.717) is 12.6 Å². The Labute approximate surface area is 122 Å². The van der Waals surface area contributed by atoms with Crippen LogP contribution in [0.5, 0.6) is 0 Å². The van der Waals surface area contributed by atoms with Crippen molar-refractivity contribution in [2.75, 3.05) is 18.5 Å². The molecule has 0 bridgehead atoms. The largest absolute Gasteiger partial charge is 0.466 e. The lowest BCUT2D eigenvalue weighted by Crippen LogP contribution is -2.31. The number of aryl methyl sites for hydroxylation is 1. The molecule has 0 fully saturated rings. The summed E-state index contributed by atoms with van der Waals surface area (Å²) in [5.74, 6) is 0.116. The van der Waals surface area contributed by atoms with Gasteiger partial charge in [0.1, 0.15) is 0 Å². The van der Waals surface area contributed by atoms with E-state index in [4.69, 9.17) is 4.74 Å². The normalized spacial score (nSPS) is 10.4. The molecule has 0 aliphatic rings. The molecule has 0 unspecified atom stereocenters. The molecule has 112 valence electrons. The van der Waals surface area contributed by atoms with Crippen LogP contribution in [-0.2, 0) is 16.6 Å². The van der Waals surface area contributed by atoms with Crippen molar-refractivity contribution in [1.82, 2.24) is 14.9 Å². The van der Waals surface area contributed by atoms with Crippen LogP contribution in [0.4, 0.5) is 10.7 Å². The molecule has 0 saturated carbocycles. The minimum Gasteiger partial charge on any atom is -0.466 e. The van der Waals surface area contributed by atoms with Gasteiger partial charge in [-0.05, 0) is 19.1 Å². The molecule has 21 heavy (non-hydrogen) atoms. The van der Waals surface area contributed by atoms with Crippen molar-refractivity contribution in [1.29, 1.82) is 0 Å². The molecule has 0 atom stereocenters. The van der Waals surface area contributed by atoms with Crippen LogP contribution in [0.2, 0.25) is 0 Å². The smallest absolute Gasteiger partial charge is 0.321 e. The maximum Gasteiger partial charge on any atom is 0.321 e. The molecular weight excluding hydrogens is 272 g/mol. The fourth-order valence-corrected chi connectivity index (χ4v) is 1.91. The van der Waals surface area contributed by atoms with E-state index in [1.807, 2.05) is 31.3 Å². The number of carbonyl (C=O) groups excluding carboxylic acids is 2. The second-order valence-electron chi connectivity index (χ2n) is 4.42. The highest BCUT2D eigenvalue weighted by Gasteiger charge is 2.10. The summed E-state index contributed by atoms with van der Waals surface area (Å²) in [6.45, 7) is 2.29. The van der Waals surface area contributed by atoms with Gasteiger partial charge in [-0.15, -0.1) is 0 Å². The predicted octanol–water partition coefficient (Wildman–Crippen LogP) is 1.65. The maximum absolute atomic E-state index is 11.8. The quantitative estimate of drug-likeness (QED) is 0.820. The van der Waals surface area contributed by atoms with E-state index in [0.717, 1.165) is 11.0 Å². The number of esters is 1. The molecule has 1 heterocycles. The van der Waals surface area contributed by atoms with Gasteiger partial charge in [-0.3, -0.25) is 10.1 Å². The summed E-state index contributed by atoms with van der Waals surface area (Å²) in [4.78, 5) is 27.2. The Morgan fingerprint density at radius 2 is 2.10 bits per heavy atom. The molecule has 0 radical (unpaired) electrons. The SMILES string of the molecule is CCOC(=O)CCNC(=O)Nc1nc2ccccc2n1C. The molecule has 7 nitrogen and oxygen atoms in total. The molecule has 7 heteroatoms. The van der Waals surface area contributed by atoms with Crippen molar-refractivity contribution in [2.45, 2.75) is 13.3 Å². The zero-order chi connectivity index (χ0) is 15.2. The summed E-state index contributed by atoms with van der Waals surface area (Å²) in [6, 6.07) is 7.19. The van der Waals surface area contributed by atoms with Gasteiger partial charge in [-0.1, -0.05) is 12.1 Å². The molecule has 0 spiro atoms. The Morgan fingerprint density at radius 3 is 2.81 bits per heavy atom. The minimum absolute atomic E-state index is 0.143. The predicted molar refractivity (Wildman–Crippen MR) is 79.0 cm³/mol. The van der Waals surface area contributed by atoms with E-state index in [1.54, 1.807) is 11.5 Å². The van der Waals surface area contributed by atoms with Crippen molar-refractivity contribution in [3.05, 3.63) is 24.3 Å². The molecule has 1 aromatic carbocycles. The van der Waals surface area contributed by atoms with E-state index in [9.17, 15) is 9.59 Å². The van der Waals surface area contributed by atoms with Gasteiger partial charge in [0.2, 0.25) is 5.95 Å². The fourth-order valence-electron chi connectivity index (χ4n) is 1.91. The topological polar surface area (TPSA) is 85.2 Å². The van der Waals surface area contributed by atoms with Crippen LogP contribution in [0.25, 0.3) is 11.0 Å². The number of fused-ring (bicyclic) bond motifs is 1. The van der Waals surface area contributed by atoms with Gasteiger partial charge in [0.05, 0.1) is 24.1 Å². The van der Waals surface area contributed by atoms with Crippen LogP contribution in [-0.4, -0.2) is 34.7 Å². The van der Waals surface area contributed by atoms with Gasteiger partial charge in [0.15, 0.2) is 0 Å². The highest BCUT2D eigenvalue weighted by Crippen LogP contribution is 2.17. The second kappa shape index (κ2) is 6.74. The van der Waals surface area contributed by atoms with Gasteiger partial charge in [-0.25, -0.2) is 9.78 Å². The van der Waals surface area contributed by atoms with Crippen molar-refractivity contribution >= 4 is 29.0 Å². The first kappa shape index (κ1) is 14.8. The molecular formula is C14H18N4O3. The van der Waals surface area contributed by atoms with E-state index < -0.39 is 6.03 Å². The lowest BCUT2D eigenvalue weighted by molar-refractivity contribution is -0.142. The van der Waals surface area contributed by atoms with Crippen molar-refractivity contribution < 1.29 is 14.3 Å². The zero-order valence-electron chi connectivity index (χ0n) is 12.0. The summed E-state index contributed by atoms with van der Waals surface area (Å²) < 4.78 is 6.57. The molecule has 0 aliphatic carbocycles. The van der Waals surface area contributed by atoms with Gasteiger partial charge in [0, 0.05) is 13.6 Å². The Balaban J connectivity index is 1.90. The summed E-state index contributed by atoms with van der Waals surface area (Å²) in [5.41, 5.74) is 1.74. The molecule has 2 N–H and O–H groups in total. The first-order valence-electron chi connectivity index (χ1n) is 6.73. The molecule has 2 rings (SSSR count). The Kier molecular flexibility index (Phi) is 4.76. The third-order valence-corrected chi connectivity index (χ3v) is 2.93.